The van der Waals surface area contributed by atoms with Crippen molar-refractivity contribution in [2.45, 2.75) is 0 Å². The van der Waals surface area contributed by atoms with Gasteiger partial charge in [0.15, 0.2) is 11.5 Å². The van der Waals surface area contributed by atoms with Gasteiger partial charge in [-0.05, 0) is 36.4 Å². The van der Waals surface area contributed by atoms with E-state index in [4.69, 9.17) is 9.47 Å². The first kappa shape index (κ1) is 18.9. The molecule has 0 aromatic heterocycles. The van der Waals surface area contributed by atoms with Crippen LogP contribution in [0.2, 0.25) is 0 Å². The third kappa shape index (κ3) is 5.04. The Balaban J connectivity index is 1.88. The van der Waals surface area contributed by atoms with Gasteiger partial charge >= 0.3 is 0 Å². The van der Waals surface area contributed by atoms with E-state index in [1.54, 1.807) is 18.2 Å². The Morgan fingerprint density at radius 2 is 1.85 bits per heavy atom. The second kappa shape index (κ2) is 9.16. The van der Waals surface area contributed by atoms with Crippen LogP contribution in [0.4, 0.5) is 4.39 Å². The molecule has 0 heterocycles. The second-order valence-corrected chi connectivity index (χ2v) is 5.07. The molecule has 0 aliphatic heterocycles. The maximum Gasteiger partial charge on any atom is 0.259 e. The summed E-state index contributed by atoms with van der Waals surface area (Å²) in [5.41, 5.74) is 3.16. The summed E-state index contributed by atoms with van der Waals surface area (Å²) in [5.74, 6) is -0.425. The molecule has 0 atom stereocenters. The highest BCUT2D eigenvalue weighted by atomic mass is 19.1. The number of hydrogen-bond donors (Lipinski definition) is 2. The predicted octanol–water partition coefficient (Wildman–Crippen LogP) is 1.72. The van der Waals surface area contributed by atoms with Gasteiger partial charge in [-0.1, -0.05) is 6.07 Å². The van der Waals surface area contributed by atoms with Gasteiger partial charge in [-0.15, -0.1) is 0 Å². The molecule has 0 aliphatic rings. The van der Waals surface area contributed by atoms with Crippen LogP contribution in [0.5, 0.6) is 11.5 Å². The summed E-state index contributed by atoms with van der Waals surface area (Å²) in [6.07, 6.45) is 1.40. The van der Waals surface area contributed by atoms with Crippen molar-refractivity contribution in [3.05, 3.63) is 59.4 Å². The van der Waals surface area contributed by atoms with Crippen LogP contribution >= 0.6 is 0 Å². The van der Waals surface area contributed by atoms with Crippen molar-refractivity contribution in [2.24, 2.45) is 5.10 Å². The normalized spacial score (nSPS) is 10.4. The Labute approximate surface area is 149 Å². The van der Waals surface area contributed by atoms with Gasteiger partial charge in [0.05, 0.1) is 27.0 Å². The van der Waals surface area contributed by atoms with Crippen LogP contribution in [0.25, 0.3) is 0 Å². The SMILES string of the molecule is COc1cccc(/C=N\NC(=O)CNC(=O)c2ccc(F)cc2)c1OC. The van der Waals surface area contributed by atoms with E-state index in [0.717, 1.165) is 0 Å². The van der Waals surface area contributed by atoms with Crippen LogP contribution in [-0.2, 0) is 4.79 Å². The van der Waals surface area contributed by atoms with Crippen LogP contribution in [0, 0.1) is 5.82 Å². The van der Waals surface area contributed by atoms with Crippen LogP contribution in [0.1, 0.15) is 15.9 Å². The molecular weight excluding hydrogens is 341 g/mol. The first-order chi connectivity index (χ1) is 12.5. The Morgan fingerprint density at radius 3 is 2.50 bits per heavy atom. The van der Waals surface area contributed by atoms with Crippen molar-refractivity contribution in [3.63, 3.8) is 0 Å². The van der Waals surface area contributed by atoms with E-state index in [1.165, 1.54) is 44.7 Å². The number of nitrogens with zero attached hydrogens (tertiary/aromatic N) is 1. The summed E-state index contributed by atoms with van der Waals surface area (Å²) in [5, 5.41) is 6.24. The summed E-state index contributed by atoms with van der Waals surface area (Å²) in [6, 6.07) is 10.2. The van der Waals surface area contributed by atoms with Gasteiger partial charge in [0.25, 0.3) is 11.8 Å². The largest absolute Gasteiger partial charge is 0.493 e. The van der Waals surface area contributed by atoms with E-state index < -0.39 is 17.6 Å². The third-order valence-electron chi connectivity index (χ3n) is 3.34. The van der Waals surface area contributed by atoms with Crippen molar-refractivity contribution in [1.82, 2.24) is 10.7 Å². The minimum atomic E-state index is -0.515. The molecule has 2 N–H and O–H groups in total. The fourth-order valence-electron chi connectivity index (χ4n) is 2.09. The topological polar surface area (TPSA) is 89.0 Å². The van der Waals surface area contributed by atoms with Gasteiger partial charge in [-0.2, -0.15) is 5.10 Å². The molecule has 0 fully saturated rings. The molecule has 8 heteroatoms. The molecule has 0 saturated carbocycles. The molecule has 2 aromatic carbocycles. The number of ether oxygens (including phenoxy) is 2. The number of hydrogen-bond acceptors (Lipinski definition) is 5. The fourth-order valence-corrected chi connectivity index (χ4v) is 2.09. The average Bonchev–Trinajstić information content (AvgIpc) is 2.66. The molecule has 2 aromatic rings. The highest BCUT2D eigenvalue weighted by Crippen LogP contribution is 2.29. The molecule has 0 radical (unpaired) electrons. The summed E-state index contributed by atoms with van der Waals surface area (Å²) < 4.78 is 23.2. The van der Waals surface area contributed by atoms with E-state index in [0.29, 0.717) is 17.1 Å². The molecule has 7 nitrogen and oxygen atoms in total. The van der Waals surface area contributed by atoms with Crippen LogP contribution in [0.3, 0.4) is 0 Å². The lowest BCUT2D eigenvalue weighted by Crippen LogP contribution is -2.34. The van der Waals surface area contributed by atoms with E-state index in [2.05, 4.69) is 15.8 Å². The van der Waals surface area contributed by atoms with Crippen LogP contribution < -0.4 is 20.2 Å². The Hall–Kier alpha value is -3.42. The molecule has 26 heavy (non-hydrogen) atoms. The lowest BCUT2D eigenvalue weighted by Gasteiger charge is -2.09. The molecule has 2 rings (SSSR count). The maximum absolute atomic E-state index is 12.8. The summed E-state index contributed by atoms with van der Waals surface area (Å²) >= 11 is 0. The number of halogens is 1. The lowest BCUT2D eigenvalue weighted by molar-refractivity contribution is -0.120. The average molecular weight is 359 g/mol. The molecule has 2 amide bonds. The summed E-state index contributed by atoms with van der Waals surface area (Å²) in [7, 11) is 3.02. The minimum absolute atomic E-state index is 0.254. The molecule has 0 aliphatic carbocycles. The van der Waals surface area contributed by atoms with Gasteiger partial charge in [0.1, 0.15) is 5.82 Å². The van der Waals surface area contributed by atoms with Crippen molar-refractivity contribution >= 4 is 18.0 Å². The number of benzene rings is 2. The number of para-hydroxylation sites is 1. The number of carbonyl (C=O) groups is 2. The van der Waals surface area contributed by atoms with Crippen molar-refractivity contribution in [3.8, 4) is 11.5 Å². The molecule has 0 unspecified atom stereocenters. The smallest absolute Gasteiger partial charge is 0.259 e. The molecule has 136 valence electrons. The van der Waals surface area contributed by atoms with Crippen LogP contribution in [-0.4, -0.2) is 38.8 Å². The van der Waals surface area contributed by atoms with Gasteiger partial charge in [-0.25, -0.2) is 9.82 Å². The zero-order chi connectivity index (χ0) is 18.9. The van der Waals surface area contributed by atoms with Crippen molar-refractivity contribution in [1.29, 1.82) is 0 Å². The third-order valence-corrected chi connectivity index (χ3v) is 3.34. The minimum Gasteiger partial charge on any atom is -0.493 e. The zero-order valence-corrected chi connectivity index (χ0v) is 14.3. The first-order valence-electron chi connectivity index (χ1n) is 7.61. The maximum atomic E-state index is 12.8. The van der Waals surface area contributed by atoms with E-state index >= 15 is 0 Å². The van der Waals surface area contributed by atoms with E-state index in [-0.39, 0.29) is 12.1 Å². The van der Waals surface area contributed by atoms with Gasteiger partial charge in [0.2, 0.25) is 0 Å². The lowest BCUT2D eigenvalue weighted by atomic mass is 10.2. The van der Waals surface area contributed by atoms with E-state index in [9.17, 15) is 14.0 Å². The number of carbonyl (C=O) groups excluding carboxylic acids is 2. The highest BCUT2D eigenvalue weighted by molar-refractivity contribution is 5.96. The second-order valence-electron chi connectivity index (χ2n) is 5.07. The Bertz CT molecular complexity index is 807. The van der Waals surface area contributed by atoms with Gasteiger partial charge in [-0.3, -0.25) is 9.59 Å². The van der Waals surface area contributed by atoms with Crippen LogP contribution in [0.15, 0.2) is 47.6 Å². The number of methoxy groups -OCH3 is 2. The Morgan fingerprint density at radius 1 is 1.12 bits per heavy atom. The highest BCUT2D eigenvalue weighted by Gasteiger charge is 2.09. The zero-order valence-electron chi connectivity index (χ0n) is 14.3. The van der Waals surface area contributed by atoms with Crippen molar-refractivity contribution in [2.75, 3.05) is 20.8 Å². The number of rotatable bonds is 7. The van der Waals surface area contributed by atoms with E-state index in [1.807, 2.05) is 0 Å². The summed E-state index contributed by atoms with van der Waals surface area (Å²) in [4.78, 5) is 23.6. The monoisotopic (exact) mass is 359 g/mol. The fraction of sp³-hybridized carbons (Fsp3) is 0.167. The number of hydrazone groups is 1. The first-order valence-corrected chi connectivity index (χ1v) is 7.61. The summed E-state index contributed by atoms with van der Waals surface area (Å²) in [6.45, 7) is -0.275. The number of amides is 2. The quantitative estimate of drug-likeness (QED) is 0.582. The van der Waals surface area contributed by atoms with Gasteiger partial charge in [0, 0.05) is 11.1 Å². The molecular formula is C18H18FN3O4. The molecule has 0 spiro atoms. The predicted molar refractivity (Wildman–Crippen MR) is 94.0 cm³/mol. The number of nitrogens with one attached hydrogen (secondary N) is 2. The Kier molecular flexibility index (Phi) is 6.67. The van der Waals surface area contributed by atoms with Gasteiger partial charge < -0.3 is 14.8 Å². The molecule has 0 bridgehead atoms. The van der Waals surface area contributed by atoms with Crippen molar-refractivity contribution < 1.29 is 23.5 Å². The standard InChI is InChI=1S/C18H18FN3O4/c1-25-15-5-3-4-13(17(15)26-2)10-21-22-16(23)11-20-18(24)12-6-8-14(19)9-7-12/h3-10H,11H2,1-2H3,(H,20,24)(H,22,23)/b21-10-. The molecule has 0 saturated heterocycles.